The Balaban J connectivity index is 1.89. The fourth-order valence-corrected chi connectivity index (χ4v) is 4.65. The quantitative estimate of drug-likeness (QED) is 0.552. The fraction of sp³-hybridized carbons (Fsp3) is 0.938. The smallest absolute Gasteiger partial charge is 0.193 e. The van der Waals surface area contributed by atoms with Crippen LogP contribution in [0.15, 0.2) is 4.99 Å². The van der Waals surface area contributed by atoms with Crippen LogP contribution in [-0.2, 0) is 9.84 Å². The Kier molecular flexibility index (Phi) is 6.14. The van der Waals surface area contributed by atoms with Gasteiger partial charge in [0, 0.05) is 58.9 Å². The van der Waals surface area contributed by atoms with Gasteiger partial charge in [0.25, 0.3) is 0 Å². The normalized spacial score (nSPS) is 27.0. The molecular weight excluding hydrogens is 326 g/mol. The molecule has 1 atom stereocenters. The predicted molar refractivity (Wildman–Crippen MR) is 99.3 cm³/mol. The van der Waals surface area contributed by atoms with Gasteiger partial charge in [0.05, 0.1) is 10.5 Å². The van der Waals surface area contributed by atoms with Crippen molar-refractivity contribution in [2.75, 3.05) is 65.7 Å². The van der Waals surface area contributed by atoms with Crippen molar-refractivity contribution < 1.29 is 8.42 Å². The average molecular weight is 360 g/mol. The molecule has 0 aromatic heterocycles. The Labute approximate surface area is 147 Å². The second-order valence-corrected chi connectivity index (χ2v) is 10.4. The van der Waals surface area contributed by atoms with Gasteiger partial charge in [-0.1, -0.05) is 0 Å². The van der Waals surface area contributed by atoms with Crippen LogP contribution in [0.1, 0.15) is 20.8 Å². The van der Waals surface area contributed by atoms with E-state index in [4.69, 9.17) is 0 Å². The van der Waals surface area contributed by atoms with Gasteiger partial charge in [-0.3, -0.25) is 9.89 Å². The Hall–Kier alpha value is -0.860. The Morgan fingerprint density at radius 2 is 1.83 bits per heavy atom. The van der Waals surface area contributed by atoms with Gasteiger partial charge in [0.1, 0.15) is 0 Å². The number of aliphatic imine (C=N–C) groups is 1. The monoisotopic (exact) mass is 359 g/mol. The van der Waals surface area contributed by atoms with E-state index in [1.807, 2.05) is 0 Å². The van der Waals surface area contributed by atoms with E-state index >= 15 is 0 Å². The zero-order chi connectivity index (χ0) is 18.0. The number of sulfone groups is 1. The molecule has 2 heterocycles. The van der Waals surface area contributed by atoms with Crippen LogP contribution in [0.5, 0.6) is 0 Å². The molecule has 0 amide bonds. The SMILES string of the molecule is CN=C(NCC(C)N1CCN(C)CC1)N1CCS(=O)(=O)C(C)(C)C1. The Bertz CT molecular complexity index is 553. The highest BCUT2D eigenvalue weighted by Crippen LogP contribution is 2.23. The molecule has 0 bridgehead atoms. The molecule has 0 aromatic carbocycles. The van der Waals surface area contributed by atoms with E-state index in [0.29, 0.717) is 19.1 Å². The third-order valence-electron chi connectivity index (χ3n) is 5.27. The lowest BCUT2D eigenvalue weighted by atomic mass is 10.2. The average Bonchev–Trinajstić information content (AvgIpc) is 2.51. The van der Waals surface area contributed by atoms with Gasteiger partial charge in [-0.15, -0.1) is 0 Å². The van der Waals surface area contributed by atoms with Crippen molar-refractivity contribution >= 4 is 15.8 Å². The third-order valence-corrected chi connectivity index (χ3v) is 7.80. The first-order valence-electron chi connectivity index (χ1n) is 8.77. The first-order valence-corrected chi connectivity index (χ1v) is 10.4. The van der Waals surface area contributed by atoms with Crippen molar-refractivity contribution in [3.8, 4) is 0 Å². The van der Waals surface area contributed by atoms with E-state index in [0.717, 1.165) is 38.7 Å². The Morgan fingerprint density at radius 3 is 2.38 bits per heavy atom. The molecule has 24 heavy (non-hydrogen) atoms. The van der Waals surface area contributed by atoms with Crippen LogP contribution in [0.3, 0.4) is 0 Å². The van der Waals surface area contributed by atoms with Crippen LogP contribution >= 0.6 is 0 Å². The third kappa shape index (κ3) is 4.40. The van der Waals surface area contributed by atoms with Crippen LogP contribution in [0.25, 0.3) is 0 Å². The van der Waals surface area contributed by atoms with Crippen molar-refractivity contribution in [3.63, 3.8) is 0 Å². The number of nitrogens with one attached hydrogen (secondary N) is 1. The summed E-state index contributed by atoms with van der Waals surface area (Å²) >= 11 is 0. The number of hydrogen-bond donors (Lipinski definition) is 1. The zero-order valence-electron chi connectivity index (χ0n) is 15.7. The van der Waals surface area contributed by atoms with Crippen LogP contribution in [0.4, 0.5) is 0 Å². The summed E-state index contributed by atoms with van der Waals surface area (Å²) in [5, 5.41) is 3.44. The molecule has 1 N–H and O–H groups in total. The van der Waals surface area contributed by atoms with Gasteiger partial charge in [-0.05, 0) is 27.8 Å². The minimum atomic E-state index is -3.03. The summed E-state index contributed by atoms with van der Waals surface area (Å²) in [7, 11) is 0.897. The summed E-state index contributed by atoms with van der Waals surface area (Å²) in [4.78, 5) is 11.3. The van der Waals surface area contributed by atoms with Gasteiger partial charge in [-0.25, -0.2) is 8.42 Å². The number of hydrogen-bond acceptors (Lipinski definition) is 5. The maximum absolute atomic E-state index is 12.2. The van der Waals surface area contributed by atoms with E-state index < -0.39 is 14.6 Å². The number of likely N-dealkylation sites (N-methyl/N-ethyl adjacent to an activating group) is 1. The van der Waals surface area contributed by atoms with Crippen molar-refractivity contribution in [3.05, 3.63) is 0 Å². The van der Waals surface area contributed by atoms with E-state index in [1.54, 1.807) is 20.9 Å². The molecule has 1 unspecified atom stereocenters. The van der Waals surface area contributed by atoms with E-state index in [-0.39, 0.29) is 5.75 Å². The highest BCUT2D eigenvalue weighted by atomic mass is 32.2. The molecular formula is C16H33N5O2S. The number of guanidine groups is 1. The second-order valence-electron chi connectivity index (χ2n) is 7.62. The zero-order valence-corrected chi connectivity index (χ0v) is 16.6. The lowest BCUT2D eigenvalue weighted by molar-refractivity contribution is 0.119. The molecule has 0 aromatic rings. The summed E-state index contributed by atoms with van der Waals surface area (Å²) in [6.45, 7) is 12.0. The summed E-state index contributed by atoms with van der Waals surface area (Å²) in [5.41, 5.74) is 0. The molecule has 0 aliphatic carbocycles. The maximum atomic E-state index is 12.2. The van der Waals surface area contributed by atoms with E-state index in [1.165, 1.54) is 0 Å². The van der Waals surface area contributed by atoms with Gasteiger partial charge in [0.2, 0.25) is 0 Å². The number of nitrogens with zero attached hydrogens (tertiary/aromatic N) is 4. The van der Waals surface area contributed by atoms with E-state index in [2.05, 4.69) is 39.0 Å². The van der Waals surface area contributed by atoms with Gasteiger partial charge < -0.3 is 15.1 Å². The summed E-state index contributed by atoms with van der Waals surface area (Å²) in [6, 6.07) is 0.428. The molecule has 0 saturated carbocycles. The molecule has 7 nitrogen and oxygen atoms in total. The van der Waals surface area contributed by atoms with Gasteiger partial charge in [0.15, 0.2) is 15.8 Å². The van der Waals surface area contributed by atoms with Crippen LogP contribution in [0.2, 0.25) is 0 Å². The lowest BCUT2D eigenvalue weighted by Gasteiger charge is -2.40. The van der Waals surface area contributed by atoms with Crippen LogP contribution in [0, 0.1) is 0 Å². The first kappa shape index (κ1) is 19.5. The summed E-state index contributed by atoms with van der Waals surface area (Å²) < 4.78 is 23.6. The maximum Gasteiger partial charge on any atom is 0.193 e. The topological polar surface area (TPSA) is 68.2 Å². The summed E-state index contributed by atoms with van der Waals surface area (Å²) in [5.74, 6) is 0.994. The molecule has 2 saturated heterocycles. The largest absolute Gasteiger partial charge is 0.355 e. The fourth-order valence-electron chi connectivity index (χ4n) is 3.29. The van der Waals surface area contributed by atoms with Crippen molar-refractivity contribution in [1.29, 1.82) is 0 Å². The highest BCUT2D eigenvalue weighted by molar-refractivity contribution is 7.92. The number of rotatable bonds is 3. The minimum absolute atomic E-state index is 0.189. The molecule has 140 valence electrons. The van der Waals surface area contributed by atoms with E-state index in [9.17, 15) is 8.42 Å². The molecule has 2 aliphatic heterocycles. The molecule has 2 fully saturated rings. The highest BCUT2D eigenvalue weighted by Gasteiger charge is 2.41. The molecule has 2 aliphatic rings. The predicted octanol–water partition coefficient (Wildman–Crippen LogP) is -0.293. The standard InChI is InChI=1S/C16H33N5O2S/c1-14(20-8-6-19(5)7-9-20)12-18-15(17-4)21-10-11-24(22,23)16(2,3)13-21/h14H,6-13H2,1-5H3,(H,17,18). The van der Waals surface area contributed by atoms with Gasteiger partial charge >= 0.3 is 0 Å². The number of piperazine rings is 1. The molecule has 0 spiro atoms. The first-order chi connectivity index (χ1) is 11.2. The molecule has 0 radical (unpaired) electrons. The second kappa shape index (κ2) is 7.58. The van der Waals surface area contributed by atoms with Crippen molar-refractivity contribution in [2.24, 2.45) is 4.99 Å². The molecule has 8 heteroatoms. The lowest BCUT2D eigenvalue weighted by Crippen LogP contribution is -2.58. The van der Waals surface area contributed by atoms with Crippen LogP contribution in [-0.4, -0.2) is 106 Å². The van der Waals surface area contributed by atoms with Crippen molar-refractivity contribution in [1.82, 2.24) is 20.0 Å². The minimum Gasteiger partial charge on any atom is -0.355 e. The van der Waals surface area contributed by atoms with Crippen LogP contribution < -0.4 is 5.32 Å². The Morgan fingerprint density at radius 1 is 1.21 bits per heavy atom. The molecule has 2 rings (SSSR count). The summed E-state index contributed by atoms with van der Waals surface area (Å²) in [6.07, 6.45) is 0. The van der Waals surface area contributed by atoms with Crippen molar-refractivity contribution in [2.45, 2.75) is 31.6 Å². The van der Waals surface area contributed by atoms with Gasteiger partial charge in [-0.2, -0.15) is 0 Å².